The van der Waals surface area contributed by atoms with Gasteiger partial charge in [0.25, 0.3) is 5.91 Å². The standard InChI is InChI=1S/C13H15BrN2O3/c1-8-9(6-15-7-10(8)14)12(17)16-5-3-2-4-11(16)13(18)19/h6-7,11H,2-5H2,1H3,(H,18,19)/t11-/m1/s1. The molecule has 5 nitrogen and oxygen atoms in total. The Kier molecular flexibility index (Phi) is 4.19. The molecule has 0 aliphatic carbocycles. The molecule has 0 radical (unpaired) electrons. The predicted molar refractivity (Wildman–Crippen MR) is 73.0 cm³/mol. The van der Waals surface area contributed by atoms with Crippen molar-refractivity contribution in [2.24, 2.45) is 0 Å². The van der Waals surface area contributed by atoms with Crippen LogP contribution in [-0.4, -0.2) is 39.5 Å². The Morgan fingerprint density at radius 1 is 1.42 bits per heavy atom. The van der Waals surface area contributed by atoms with E-state index in [1.807, 2.05) is 6.92 Å². The number of carbonyl (C=O) groups excluding carboxylic acids is 1. The first kappa shape index (κ1) is 14.0. The third-order valence-electron chi connectivity index (χ3n) is 3.43. The van der Waals surface area contributed by atoms with E-state index in [1.165, 1.54) is 11.1 Å². The second-order valence-electron chi connectivity index (χ2n) is 4.64. The molecule has 6 heteroatoms. The molecule has 1 aliphatic heterocycles. The van der Waals surface area contributed by atoms with Gasteiger partial charge in [-0.15, -0.1) is 0 Å². The van der Waals surface area contributed by atoms with Crippen molar-refractivity contribution in [3.8, 4) is 0 Å². The number of rotatable bonds is 2. The number of hydrogen-bond donors (Lipinski definition) is 1. The van der Waals surface area contributed by atoms with E-state index in [4.69, 9.17) is 0 Å². The summed E-state index contributed by atoms with van der Waals surface area (Å²) in [6.07, 6.45) is 5.32. The fourth-order valence-corrected chi connectivity index (χ4v) is 2.63. The topological polar surface area (TPSA) is 70.5 Å². The van der Waals surface area contributed by atoms with Crippen LogP contribution >= 0.6 is 15.9 Å². The highest BCUT2D eigenvalue weighted by atomic mass is 79.9. The summed E-state index contributed by atoms with van der Waals surface area (Å²) in [5, 5.41) is 9.21. The zero-order valence-corrected chi connectivity index (χ0v) is 12.2. The van der Waals surface area contributed by atoms with Crippen LogP contribution in [-0.2, 0) is 4.79 Å². The molecular formula is C13H15BrN2O3. The lowest BCUT2D eigenvalue weighted by molar-refractivity contribution is -0.143. The third-order valence-corrected chi connectivity index (χ3v) is 4.23. The molecule has 102 valence electrons. The van der Waals surface area contributed by atoms with Gasteiger partial charge < -0.3 is 10.0 Å². The van der Waals surface area contributed by atoms with Crippen molar-refractivity contribution in [3.63, 3.8) is 0 Å². The Morgan fingerprint density at radius 3 is 2.84 bits per heavy atom. The van der Waals surface area contributed by atoms with Crippen molar-refractivity contribution >= 4 is 27.8 Å². The maximum absolute atomic E-state index is 12.5. The van der Waals surface area contributed by atoms with E-state index in [0.29, 0.717) is 18.5 Å². The highest BCUT2D eigenvalue weighted by Gasteiger charge is 2.33. The molecule has 1 atom stereocenters. The molecule has 1 N–H and O–H groups in total. The Bertz CT molecular complexity index is 519. The highest BCUT2D eigenvalue weighted by molar-refractivity contribution is 9.10. The molecule has 1 fully saturated rings. The molecule has 0 bridgehead atoms. The van der Waals surface area contributed by atoms with E-state index < -0.39 is 12.0 Å². The zero-order valence-electron chi connectivity index (χ0n) is 10.6. The van der Waals surface area contributed by atoms with Gasteiger partial charge in [0, 0.05) is 23.4 Å². The minimum atomic E-state index is -0.936. The largest absolute Gasteiger partial charge is 0.480 e. The van der Waals surface area contributed by atoms with Gasteiger partial charge in [0.15, 0.2) is 0 Å². The molecule has 1 amide bonds. The van der Waals surface area contributed by atoms with Crippen LogP contribution in [0.4, 0.5) is 0 Å². The van der Waals surface area contributed by atoms with E-state index in [0.717, 1.165) is 22.9 Å². The number of carbonyl (C=O) groups is 2. The zero-order chi connectivity index (χ0) is 14.0. The number of carboxylic acid groups (broad SMARTS) is 1. The van der Waals surface area contributed by atoms with Gasteiger partial charge in [-0.3, -0.25) is 9.78 Å². The Balaban J connectivity index is 2.31. The van der Waals surface area contributed by atoms with Crippen molar-refractivity contribution in [3.05, 3.63) is 28.0 Å². The summed E-state index contributed by atoms with van der Waals surface area (Å²) < 4.78 is 0.752. The minimum Gasteiger partial charge on any atom is -0.480 e. The summed E-state index contributed by atoms with van der Waals surface area (Å²) >= 11 is 3.33. The summed E-state index contributed by atoms with van der Waals surface area (Å²) in [5.74, 6) is -1.19. The van der Waals surface area contributed by atoms with Crippen LogP contribution in [0.15, 0.2) is 16.9 Å². The third kappa shape index (κ3) is 2.78. The lowest BCUT2D eigenvalue weighted by Gasteiger charge is -2.33. The van der Waals surface area contributed by atoms with Gasteiger partial charge in [-0.05, 0) is 47.7 Å². The molecule has 0 spiro atoms. The van der Waals surface area contributed by atoms with Crippen LogP contribution in [0.1, 0.15) is 35.2 Å². The molecule has 1 aromatic heterocycles. The summed E-state index contributed by atoms with van der Waals surface area (Å²) in [7, 11) is 0. The second kappa shape index (κ2) is 5.69. The first-order valence-electron chi connectivity index (χ1n) is 6.16. The average molecular weight is 327 g/mol. The number of piperidine rings is 1. The quantitative estimate of drug-likeness (QED) is 0.904. The molecule has 0 aromatic carbocycles. The van der Waals surface area contributed by atoms with Gasteiger partial charge in [0.05, 0.1) is 5.56 Å². The number of likely N-dealkylation sites (tertiary alicyclic amines) is 1. The molecule has 19 heavy (non-hydrogen) atoms. The molecule has 2 heterocycles. The van der Waals surface area contributed by atoms with Crippen LogP contribution < -0.4 is 0 Å². The van der Waals surface area contributed by atoms with Gasteiger partial charge in [0.1, 0.15) is 6.04 Å². The Morgan fingerprint density at radius 2 is 2.16 bits per heavy atom. The van der Waals surface area contributed by atoms with Gasteiger partial charge in [0.2, 0.25) is 0 Å². The van der Waals surface area contributed by atoms with Crippen LogP contribution in [0.25, 0.3) is 0 Å². The number of halogens is 1. The fraction of sp³-hybridized carbons (Fsp3) is 0.462. The number of nitrogens with zero attached hydrogens (tertiary/aromatic N) is 2. The minimum absolute atomic E-state index is 0.251. The molecule has 1 aromatic rings. The van der Waals surface area contributed by atoms with E-state index in [9.17, 15) is 14.7 Å². The van der Waals surface area contributed by atoms with Gasteiger partial charge in [-0.1, -0.05) is 0 Å². The highest BCUT2D eigenvalue weighted by Crippen LogP contribution is 2.23. The van der Waals surface area contributed by atoms with E-state index in [-0.39, 0.29) is 5.91 Å². The number of aromatic nitrogens is 1. The lowest BCUT2D eigenvalue weighted by Crippen LogP contribution is -2.48. The number of amides is 1. The van der Waals surface area contributed by atoms with Gasteiger partial charge >= 0.3 is 5.97 Å². The SMILES string of the molecule is Cc1c(Br)cncc1C(=O)N1CCCC[C@@H]1C(=O)O. The maximum atomic E-state index is 12.5. The Hall–Kier alpha value is -1.43. The number of aliphatic carboxylic acids is 1. The van der Waals surface area contributed by atoms with Crippen molar-refractivity contribution < 1.29 is 14.7 Å². The van der Waals surface area contributed by atoms with E-state index >= 15 is 0 Å². The lowest BCUT2D eigenvalue weighted by atomic mass is 10.0. The Labute approximate surface area is 119 Å². The molecule has 1 aliphatic rings. The fourth-order valence-electron chi connectivity index (χ4n) is 2.30. The smallest absolute Gasteiger partial charge is 0.326 e. The summed E-state index contributed by atoms with van der Waals surface area (Å²) in [5.41, 5.74) is 1.25. The molecule has 0 unspecified atom stereocenters. The first-order valence-corrected chi connectivity index (χ1v) is 6.95. The van der Waals surface area contributed by atoms with Crippen LogP contribution in [0.2, 0.25) is 0 Å². The second-order valence-corrected chi connectivity index (χ2v) is 5.50. The van der Waals surface area contributed by atoms with Crippen molar-refractivity contribution in [2.75, 3.05) is 6.54 Å². The maximum Gasteiger partial charge on any atom is 0.326 e. The molecule has 2 rings (SSSR count). The van der Waals surface area contributed by atoms with Crippen molar-refractivity contribution in [1.29, 1.82) is 0 Å². The summed E-state index contributed by atoms with van der Waals surface area (Å²) in [6.45, 7) is 2.31. The monoisotopic (exact) mass is 326 g/mol. The van der Waals surface area contributed by atoms with Crippen LogP contribution in [0.3, 0.4) is 0 Å². The first-order chi connectivity index (χ1) is 9.02. The van der Waals surface area contributed by atoms with E-state index in [2.05, 4.69) is 20.9 Å². The van der Waals surface area contributed by atoms with Gasteiger partial charge in [-0.2, -0.15) is 0 Å². The molecule has 1 saturated heterocycles. The van der Waals surface area contributed by atoms with Crippen LogP contribution in [0, 0.1) is 6.92 Å². The molecule has 0 saturated carbocycles. The van der Waals surface area contributed by atoms with Crippen molar-refractivity contribution in [2.45, 2.75) is 32.2 Å². The number of hydrogen-bond acceptors (Lipinski definition) is 3. The van der Waals surface area contributed by atoms with Crippen molar-refractivity contribution in [1.82, 2.24) is 9.88 Å². The average Bonchev–Trinajstić information content (AvgIpc) is 2.41. The normalized spacial score (nSPS) is 19.3. The summed E-state index contributed by atoms with van der Waals surface area (Å²) in [6, 6.07) is -0.723. The molecular weight excluding hydrogens is 312 g/mol. The number of carboxylic acids is 1. The van der Waals surface area contributed by atoms with Gasteiger partial charge in [-0.25, -0.2) is 4.79 Å². The van der Waals surface area contributed by atoms with Crippen LogP contribution in [0.5, 0.6) is 0 Å². The predicted octanol–water partition coefficient (Wildman–Crippen LogP) is 2.23. The summed E-state index contributed by atoms with van der Waals surface area (Å²) in [4.78, 5) is 29.2. The number of pyridine rings is 1. The van der Waals surface area contributed by atoms with E-state index in [1.54, 1.807) is 6.20 Å².